The summed E-state index contributed by atoms with van der Waals surface area (Å²) in [6.45, 7) is 0. The zero-order valence-electron chi connectivity index (χ0n) is 10.3. The minimum atomic E-state index is -0.568. The standard InChI is InChI=1S/C15H12F2O2/c1-19-15-7-6-10(8-13(15)17)9-14(18)11-4-2-3-5-12(11)16/h2-8H,9H2,1H3. The minimum Gasteiger partial charge on any atom is -0.494 e. The summed E-state index contributed by atoms with van der Waals surface area (Å²) in [5.74, 6) is -1.38. The van der Waals surface area contributed by atoms with Crippen molar-refractivity contribution in [2.24, 2.45) is 0 Å². The molecule has 0 aliphatic rings. The van der Waals surface area contributed by atoms with Crippen LogP contribution in [0.3, 0.4) is 0 Å². The highest BCUT2D eigenvalue weighted by Gasteiger charge is 2.13. The van der Waals surface area contributed by atoms with Gasteiger partial charge in [-0.05, 0) is 29.8 Å². The number of hydrogen-bond acceptors (Lipinski definition) is 2. The van der Waals surface area contributed by atoms with E-state index in [2.05, 4.69) is 0 Å². The molecule has 0 amide bonds. The van der Waals surface area contributed by atoms with Crippen LogP contribution in [0.5, 0.6) is 5.75 Å². The van der Waals surface area contributed by atoms with Gasteiger partial charge >= 0.3 is 0 Å². The molecule has 0 aliphatic carbocycles. The quantitative estimate of drug-likeness (QED) is 0.789. The van der Waals surface area contributed by atoms with Crippen LogP contribution in [0.1, 0.15) is 15.9 Å². The summed E-state index contributed by atoms with van der Waals surface area (Å²) in [4.78, 5) is 11.9. The second-order valence-electron chi connectivity index (χ2n) is 4.05. The number of halogens is 2. The summed E-state index contributed by atoms with van der Waals surface area (Å²) in [6, 6.07) is 9.99. The van der Waals surface area contributed by atoms with Crippen molar-refractivity contribution < 1.29 is 18.3 Å². The molecule has 0 atom stereocenters. The fourth-order valence-corrected chi connectivity index (χ4v) is 1.79. The molecule has 0 radical (unpaired) electrons. The van der Waals surface area contributed by atoms with Gasteiger partial charge in [0.25, 0.3) is 0 Å². The number of rotatable bonds is 4. The molecule has 0 aromatic heterocycles. The molecular weight excluding hydrogens is 250 g/mol. The molecule has 0 heterocycles. The monoisotopic (exact) mass is 262 g/mol. The molecule has 0 saturated carbocycles. The van der Waals surface area contributed by atoms with Crippen LogP contribution in [0.2, 0.25) is 0 Å². The molecule has 0 fully saturated rings. The Balaban J connectivity index is 2.20. The van der Waals surface area contributed by atoms with Crippen LogP contribution in [0.15, 0.2) is 42.5 Å². The first-order valence-electron chi connectivity index (χ1n) is 5.72. The van der Waals surface area contributed by atoms with Crippen molar-refractivity contribution in [3.8, 4) is 5.75 Å². The molecular formula is C15H12F2O2. The van der Waals surface area contributed by atoms with Gasteiger partial charge in [-0.3, -0.25) is 4.79 Å². The van der Waals surface area contributed by atoms with Crippen molar-refractivity contribution in [1.82, 2.24) is 0 Å². The van der Waals surface area contributed by atoms with Gasteiger partial charge in [0.2, 0.25) is 0 Å². The van der Waals surface area contributed by atoms with Crippen LogP contribution >= 0.6 is 0 Å². The highest BCUT2D eigenvalue weighted by molar-refractivity contribution is 5.97. The minimum absolute atomic E-state index is 0.0127. The smallest absolute Gasteiger partial charge is 0.170 e. The SMILES string of the molecule is COc1ccc(CC(=O)c2ccccc2F)cc1F. The van der Waals surface area contributed by atoms with Crippen molar-refractivity contribution in [2.75, 3.05) is 7.11 Å². The average molecular weight is 262 g/mol. The van der Waals surface area contributed by atoms with Gasteiger partial charge in [-0.15, -0.1) is 0 Å². The number of benzene rings is 2. The lowest BCUT2D eigenvalue weighted by molar-refractivity contribution is 0.0989. The van der Waals surface area contributed by atoms with E-state index in [4.69, 9.17) is 4.74 Å². The van der Waals surface area contributed by atoms with Gasteiger partial charge in [-0.25, -0.2) is 8.78 Å². The second kappa shape index (κ2) is 5.61. The Bertz CT molecular complexity index is 609. The average Bonchev–Trinajstić information content (AvgIpc) is 2.39. The highest BCUT2D eigenvalue weighted by atomic mass is 19.1. The van der Waals surface area contributed by atoms with Crippen LogP contribution in [0.25, 0.3) is 0 Å². The van der Waals surface area contributed by atoms with Gasteiger partial charge in [0.15, 0.2) is 17.3 Å². The maximum absolute atomic E-state index is 13.5. The Hall–Kier alpha value is -2.23. The Morgan fingerprint density at radius 2 is 1.84 bits per heavy atom. The van der Waals surface area contributed by atoms with Crippen molar-refractivity contribution in [2.45, 2.75) is 6.42 Å². The number of ether oxygens (including phenoxy) is 1. The maximum atomic E-state index is 13.5. The normalized spacial score (nSPS) is 10.3. The van der Waals surface area contributed by atoms with E-state index in [0.717, 1.165) is 0 Å². The molecule has 2 rings (SSSR count). The van der Waals surface area contributed by atoms with E-state index in [0.29, 0.717) is 5.56 Å². The van der Waals surface area contributed by atoms with Gasteiger partial charge in [0, 0.05) is 6.42 Å². The zero-order chi connectivity index (χ0) is 13.8. The first-order valence-corrected chi connectivity index (χ1v) is 5.72. The summed E-state index contributed by atoms with van der Waals surface area (Å²) in [5.41, 5.74) is 0.491. The molecule has 0 spiro atoms. The topological polar surface area (TPSA) is 26.3 Å². The first kappa shape index (κ1) is 13.2. The molecule has 0 bridgehead atoms. The third-order valence-corrected chi connectivity index (χ3v) is 2.76. The van der Waals surface area contributed by atoms with Crippen LogP contribution < -0.4 is 4.74 Å². The summed E-state index contributed by atoms with van der Waals surface area (Å²) >= 11 is 0. The Kier molecular flexibility index (Phi) is 3.90. The van der Waals surface area contributed by atoms with Gasteiger partial charge in [0.1, 0.15) is 5.82 Å². The molecule has 0 N–H and O–H groups in total. The van der Waals surface area contributed by atoms with Crippen LogP contribution in [0.4, 0.5) is 8.78 Å². The molecule has 4 heteroatoms. The van der Waals surface area contributed by atoms with E-state index in [1.54, 1.807) is 12.1 Å². The van der Waals surface area contributed by atoms with Gasteiger partial charge in [0.05, 0.1) is 12.7 Å². The van der Waals surface area contributed by atoms with Gasteiger partial charge in [-0.1, -0.05) is 18.2 Å². The lowest BCUT2D eigenvalue weighted by atomic mass is 10.0. The number of methoxy groups -OCH3 is 1. The van der Waals surface area contributed by atoms with Crippen LogP contribution in [0, 0.1) is 11.6 Å². The number of hydrogen-bond donors (Lipinski definition) is 0. The van der Waals surface area contributed by atoms with Crippen LogP contribution in [-0.2, 0) is 6.42 Å². The van der Waals surface area contributed by atoms with E-state index in [-0.39, 0.29) is 23.5 Å². The predicted molar refractivity (Wildman–Crippen MR) is 67.4 cm³/mol. The Morgan fingerprint density at radius 1 is 1.11 bits per heavy atom. The largest absolute Gasteiger partial charge is 0.494 e. The summed E-state index contributed by atoms with van der Waals surface area (Å²) in [5, 5.41) is 0. The predicted octanol–water partition coefficient (Wildman–Crippen LogP) is 3.40. The zero-order valence-corrected chi connectivity index (χ0v) is 10.3. The fourth-order valence-electron chi connectivity index (χ4n) is 1.79. The highest BCUT2D eigenvalue weighted by Crippen LogP contribution is 2.19. The van der Waals surface area contributed by atoms with Crippen molar-refractivity contribution in [3.63, 3.8) is 0 Å². The molecule has 0 saturated heterocycles. The second-order valence-corrected chi connectivity index (χ2v) is 4.05. The van der Waals surface area contributed by atoms with E-state index < -0.39 is 11.6 Å². The maximum Gasteiger partial charge on any atom is 0.170 e. The van der Waals surface area contributed by atoms with Crippen molar-refractivity contribution >= 4 is 5.78 Å². The lowest BCUT2D eigenvalue weighted by Gasteiger charge is -2.05. The Labute approximate surface area is 109 Å². The van der Waals surface area contributed by atoms with Crippen molar-refractivity contribution in [1.29, 1.82) is 0 Å². The molecule has 0 aliphatic heterocycles. The van der Waals surface area contributed by atoms with Gasteiger partial charge in [-0.2, -0.15) is 0 Å². The third kappa shape index (κ3) is 2.96. The Morgan fingerprint density at radius 3 is 2.47 bits per heavy atom. The van der Waals surface area contributed by atoms with Gasteiger partial charge < -0.3 is 4.74 Å². The van der Waals surface area contributed by atoms with Crippen LogP contribution in [-0.4, -0.2) is 12.9 Å². The molecule has 19 heavy (non-hydrogen) atoms. The van der Waals surface area contributed by atoms with Crippen molar-refractivity contribution in [3.05, 3.63) is 65.2 Å². The molecule has 98 valence electrons. The van der Waals surface area contributed by atoms with E-state index in [1.807, 2.05) is 0 Å². The molecule has 2 aromatic rings. The molecule has 0 unspecified atom stereocenters. The third-order valence-electron chi connectivity index (χ3n) is 2.76. The summed E-state index contributed by atoms with van der Waals surface area (Å²) in [7, 11) is 1.36. The van der Waals surface area contributed by atoms with E-state index in [9.17, 15) is 13.6 Å². The number of carbonyl (C=O) groups is 1. The lowest BCUT2D eigenvalue weighted by Crippen LogP contribution is -2.06. The molecule has 2 nitrogen and oxygen atoms in total. The number of ketones is 1. The number of carbonyl (C=O) groups excluding carboxylic acids is 1. The summed E-state index contributed by atoms with van der Waals surface area (Å²) < 4.78 is 31.7. The summed E-state index contributed by atoms with van der Waals surface area (Å²) in [6.07, 6.45) is -0.0537. The first-order chi connectivity index (χ1) is 9.11. The van der Waals surface area contributed by atoms with E-state index >= 15 is 0 Å². The van der Waals surface area contributed by atoms with E-state index in [1.165, 1.54) is 37.4 Å². The fraction of sp³-hybridized carbons (Fsp3) is 0.133. The number of Topliss-reactive ketones (excluding diaryl/α,β-unsaturated/α-hetero) is 1. The molecule has 2 aromatic carbocycles.